The van der Waals surface area contributed by atoms with Gasteiger partial charge in [0, 0.05) is 0 Å². The lowest BCUT2D eigenvalue weighted by Gasteiger charge is -1.95. The Hall–Kier alpha value is 0.01000. The van der Waals surface area contributed by atoms with Crippen molar-refractivity contribution in [2.75, 3.05) is 6.61 Å². The molecule has 0 aliphatic heterocycles. The van der Waals surface area contributed by atoms with Crippen LogP contribution in [0.4, 0.5) is 0 Å². The molecular formula is C5H5Cl2NOS. The summed E-state index contributed by atoms with van der Waals surface area (Å²) in [6.07, 6.45) is 0. The Labute approximate surface area is 72.9 Å². The fraction of sp³-hybridized carbons (Fsp3) is 0.400. The van der Waals surface area contributed by atoms with Gasteiger partial charge in [0.2, 0.25) is 5.88 Å². The lowest BCUT2D eigenvalue weighted by atomic mass is 10.7. The van der Waals surface area contributed by atoms with Crippen molar-refractivity contribution in [2.24, 2.45) is 0 Å². The third kappa shape index (κ3) is 1.54. The van der Waals surface area contributed by atoms with Crippen LogP contribution in [0.5, 0.6) is 5.88 Å². The van der Waals surface area contributed by atoms with E-state index in [1.54, 1.807) is 0 Å². The number of ether oxygens (including phenoxy) is 1. The quantitative estimate of drug-likeness (QED) is 0.728. The Morgan fingerprint density at radius 1 is 1.60 bits per heavy atom. The van der Waals surface area contributed by atoms with Gasteiger partial charge >= 0.3 is 0 Å². The molecule has 0 spiro atoms. The molecule has 1 aromatic heterocycles. The van der Waals surface area contributed by atoms with Gasteiger partial charge in [-0.05, 0) is 18.5 Å². The largest absolute Gasteiger partial charge is 0.476 e. The average molecular weight is 198 g/mol. The Kier molecular flexibility index (Phi) is 2.77. The lowest BCUT2D eigenvalue weighted by molar-refractivity contribution is 0.330. The zero-order valence-corrected chi connectivity index (χ0v) is 7.56. The fourth-order valence-corrected chi connectivity index (χ4v) is 1.38. The molecule has 1 aromatic rings. The molecule has 0 bridgehead atoms. The molecule has 56 valence electrons. The summed E-state index contributed by atoms with van der Waals surface area (Å²) in [7, 11) is 0. The van der Waals surface area contributed by atoms with Crippen LogP contribution in [0.3, 0.4) is 0 Å². The first-order chi connectivity index (χ1) is 4.75. The van der Waals surface area contributed by atoms with Crippen molar-refractivity contribution in [3.8, 4) is 5.88 Å². The predicted octanol–water partition coefficient (Wildman–Crippen LogP) is 2.85. The first-order valence-corrected chi connectivity index (χ1v) is 4.22. The van der Waals surface area contributed by atoms with E-state index in [9.17, 15) is 0 Å². The van der Waals surface area contributed by atoms with E-state index in [0.29, 0.717) is 21.8 Å². The van der Waals surface area contributed by atoms with Crippen LogP contribution < -0.4 is 4.74 Å². The number of nitrogens with zero attached hydrogens (tertiary/aromatic N) is 1. The minimum atomic E-state index is 0.411. The van der Waals surface area contributed by atoms with E-state index in [2.05, 4.69) is 4.37 Å². The average Bonchev–Trinajstić information content (AvgIpc) is 2.20. The van der Waals surface area contributed by atoms with E-state index in [-0.39, 0.29) is 0 Å². The molecule has 0 radical (unpaired) electrons. The Morgan fingerprint density at radius 3 is 2.70 bits per heavy atom. The van der Waals surface area contributed by atoms with E-state index < -0.39 is 0 Å². The number of halogens is 2. The standard InChI is InChI=1S/C5H5Cl2NOS/c1-2-9-5-3(6)4(7)10-8-5/h2H2,1H3. The van der Waals surface area contributed by atoms with E-state index >= 15 is 0 Å². The highest BCUT2D eigenvalue weighted by atomic mass is 35.5. The minimum Gasteiger partial charge on any atom is -0.476 e. The summed E-state index contributed by atoms with van der Waals surface area (Å²) in [5.41, 5.74) is 0. The maximum atomic E-state index is 5.68. The van der Waals surface area contributed by atoms with Crippen molar-refractivity contribution in [1.29, 1.82) is 0 Å². The Morgan fingerprint density at radius 2 is 2.30 bits per heavy atom. The second-order valence-corrected chi connectivity index (χ2v) is 3.26. The smallest absolute Gasteiger partial charge is 0.245 e. The van der Waals surface area contributed by atoms with Gasteiger partial charge in [-0.2, -0.15) is 4.37 Å². The summed E-state index contributed by atoms with van der Waals surface area (Å²) in [4.78, 5) is 0. The van der Waals surface area contributed by atoms with Gasteiger partial charge in [-0.3, -0.25) is 0 Å². The molecule has 0 aliphatic rings. The monoisotopic (exact) mass is 197 g/mol. The van der Waals surface area contributed by atoms with Crippen LogP contribution in [0.25, 0.3) is 0 Å². The Balaban J connectivity index is 2.83. The highest BCUT2D eigenvalue weighted by Gasteiger charge is 2.09. The van der Waals surface area contributed by atoms with Crippen LogP contribution in [0, 0.1) is 0 Å². The molecule has 0 aromatic carbocycles. The normalized spacial score (nSPS) is 9.90. The molecule has 0 amide bonds. The van der Waals surface area contributed by atoms with Crippen molar-refractivity contribution in [3.05, 3.63) is 9.36 Å². The van der Waals surface area contributed by atoms with Crippen molar-refractivity contribution in [2.45, 2.75) is 6.92 Å². The van der Waals surface area contributed by atoms with Gasteiger partial charge in [0.1, 0.15) is 9.36 Å². The van der Waals surface area contributed by atoms with Crippen LogP contribution in [-0.4, -0.2) is 11.0 Å². The topological polar surface area (TPSA) is 22.1 Å². The molecule has 2 nitrogen and oxygen atoms in total. The predicted molar refractivity (Wildman–Crippen MR) is 43.3 cm³/mol. The summed E-state index contributed by atoms with van der Waals surface area (Å²) in [6, 6.07) is 0. The van der Waals surface area contributed by atoms with Crippen LogP contribution >= 0.6 is 34.7 Å². The summed E-state index contributed by atoms with van der Waals surface area (Å²) in [5.74, 6) is 0.430. The summed E-state index contributed by atoms with van der Waals surface area (Å²) in [5, 5.41) is 0.411. The molecule has 0 unspecified atom stereocenters. The number of hydrogen-bond donors (Lipinski definition) is 0. The van der Waals surface area contributed by atoms with Gasteiger partial charge in [-0.15, -0.1) is 0 Å². The van der Waals surface area contributed by atoms with Gasteiger partial charge < -0.3 is 4.74 Å². The number of hydrogen-bond acceptors (Lipinski definition) is 3. The Bertz CT molecular complexity index is 225. The second-order valence-electron chi connectivity index (χ2n) is 1.51. The van der Waals surface area contributed by atoms with Gasteiger partial charge in [-0.1, -0.05) is 23.2 Å². The van der Waals surface area contributed by atoms with Crippen LogP contribution in [-0.2, 0) is 0 Å². The van der Waals surface area contributed by atoms with E-state index in [1.165, 1.54) is 0 Å². The lowest BCUT2D eigenvalue weighted by Crippen LogP contribution is -1.90. The van der Waals surface area contributed by atoms with Crippen molar-refractivity contribution >= 4 is 34.7 Å². The molecule has 0 N–H and O–H groups in total. The molecule has 0 atom stereocenters. The van der Waals surface area contributed by atoms with Crippen LogP contribution in [0.1, 0.15) is 6.92 Å². The van der Waals surface area contributed by atoms with E-state index in [1.807, 2.05) is 6.92 Å². The first-order valence-electron chi connectivity index (χ1n) is 2.69. The second kappa shape index (κ2) is 3.42. The maximum absolute atomic E-state index is 5.68. The minimum absolute atomic E-state index is 0.411. The van der Waals surface area contributed by atoms with Gasteiger partial charge in [0.05, 0.1) is 6.61 Å². The van der Waals surface area contributed by atoms with Crippen molar-refractivity contribution in [3.63, 3.8) is 0 Å². The molecule has 0 saturated carbocycles. The number of rotatable bonds is 2. The highest BCUT2D eigenvalue weighted by molar-refractivity contribution is 7.11. The van der Waals surface area contributed by atoms with E-state index in [4.69, 9.17) is 27.9 Å². The molecule has 0 aliphatic carbocycles. The van der Waals surface area contributed by atoms with Crippen LogP contribution in [0.2, 0.25) is 9.36 Å². The van der Waals surface area contributed by atoms with Crippen molar-refractivity contribution in [1.82, 2.24) is 4.37 Å². The molecule has 1 rings (SSSR count). The zero-order valence-electron chi connectivity index (χ0n) is 5.23. The third-order valence-electron chi connectivity index (χ3n) is 0.850. The maximum Gasteiger partial charge on any atom is 0.245 e. The SMILES string of the molecule is CCOc1nsc(Cl)c1Cl. The highest BCUT2D eigenvalue weighted by Crippen LogP contribution is 2.34. The summed E-state index contributed by atoms with van der Waals surface area (Å²) < 4.78 is 9.38. The number of aromatic nitrogens is 1. The van der Waals surface area contributed by atoms with Gasteiger partial charge in [-0.25, -0.2) is 0 Å². The molecule has 0 fully saturated rings. The zero-order chi connectivity index (χ0) is 7.56. The van der Waals surface area contributed by atoms with E-state index in [0.717, 1.165) is 11.5 Å². The summed E-state index contributed by atoms with van der Waals surface area (Å²) in [6.45, 7) is 2.42. The van der Waals surface area contributed by atoms with Gasteiger partial charge in [0.15, 0.2) is 0 Å². The molecule has 1 heterocycles. The van der Waals surface area contributed by atoms with Crippen molar-refractivity contribution < 1.29 is 4.74 Å². The first kappa shape index (κ1) is 8.11. The molecular weight excluding hydrogens is 193 g/mol. The van der Waals surface area contributed by atoms with Crippen LogP contribution in [0.15, 0.2) is 0 Å². The fourth-order valence-electron chi connectivity index (χ4n) is 0.472. The third-order valence-corrected chi connectivity index (χ3v) is 2.43. The summed E-state index contributed by atoms with van der Waals surface area (Å²) >= 11 is 12.4. The molecule has 5 heteroatoms. The molecule has 10 heavy (non-hydrogen) atoms. The van der Waals surface area contributed by atoms with Gasteiger partial charge in [0.25, 0.3) is 0 Å². The molecule has 0 saturated heterocycles.